The molecule has 0 bridgehead atoms. The molecule has 4 heteroatoms. The predicted molar refractivity (Wildman–Crippen MR) is 148 cm³/mol. The Hall–Kier alpha value is -2.46. The number of hydrogen-bond donors (Lipinski definition) is 1. The Balaban J connectivity index is 1.46. The molecule has 0 atom stereocenters. The van der Waals surface area contributed by atoms with Gasteiger partial charge in [-0.3, -0.25) is 4.98 Å². The third-order valence-electron chi connectivity index (χ3n) is 7.21. The van der Waals surface area contributed by atoms with Crippen molar-refractivity contribution in [3.05, 3.63) is 102 Å². The van der Waals surface area contributed by atoms with Crippen LogP contribution in [0.15, 0.2) is 91.1 Å². The molecule has 1 N–H and O–H groups in total. The van der Waals surface area contributed by atoms with E-state index in [1.54, 1.807) is 0 Å². The lowest BCUT2D eigenvalue weighted by Crippen LogP contribution is -2.65. The molecule has 0 unspecified atom stereocenters. The summed E-state index contributed by atoms with van der Waals surface area (Å²) in [7, 11) is -2.93. The summed E-state index contributed by atoms with van der Waals surface area (Å²) >= 11 is 6.21. The topological polar surface area (TPSA) is 33.1 Å². The molecule has 0 saturated heterocycles. The van der Waals surface area contributed by atoms with Crippen molar-refractivity contribution in [2.75, 3.05) is 0 Å². The average Bonchev–Trinajstić information content (AvgIpc) is 2.88. The quantitative estimate of drug-likeness (QED) is 0.155. The van der Waals surface area contributed by atoms with Gasteiger partial charge in [0.2, 0.25) is 0 Å². The molecular formula is C30H34ClNOSi. The van der Waals surface area contributed by atoms with Crippen molar-refractivity contribution in [1.82, 2.24) is 4.98 Å². The maximum Gasteiger partial charge on any atom is 0.258 e. The summed E-state index contributed by atoms with van der Waals surface area (Å²) in [4.78, 5) is 16.9. The van der Waals surface area contributed by atoms with Crippen LogP contribution in [0, 0.1) is 0 Å². The number of nitrogens with zero attached hydrogens (tertiary/aromatic N) is 1. The first kappa shape index (κ1) is 24.7. The Morgan fingerprint density at radius 3 is 2.00 bits per heavy atom. The molecule has 4 aromatic rings. The number of pyridine rings is 1. The first-order valence-electron chi connectivity index (χ1n) is 12.2. The Kier molecular flexibility index (Phi) is 7.87. The number of rotatable bonds is 10. The molecule has 3 aromatic carbocycles. The molecular weight excluding hydrogens is 454 g/mol. The number of unbranched alkanes of at least 4 members (excludes halogenated alkanes) is 2. The molecule has 34 heavy (non-hydrogen) atoms. The largest absolute Gasteiger partial charge is 0.424 e. The third kappa shape index (κ3) is 4.97. The first-order chi connectivity index (χ1) is 16.5. The molecule has 2 nitrogen and oxygen atoms in total. The van der Waals surface area contributed by atoms with E-state index in [0.29, 0.717) is 5.88 Å². The molecule has 0 fully saturated rings. The predicted octanol–water partition coefficient (Wildman–Crippen LogP) is 6.61. The fourth-order valence-corrected chi connectivity index (χ4v) is 9.21. The Morgan fingerprint density at radius 2 is 1.38 bits per heavy atom. The second kappa shape index (κ2) is 10.9. The van der Waals surface area contributed by atoms with Crippen LogP contribution in [-0.4, -0.2) is 18.1 Å². The number of aromatic nitrogens is 1. The van der Waals surface area contributed by atoms with Gasteiger partial charge in [-0.2, -0.15) is 0 Å². The summed E-state index contributed by atoms with van der Waals surface area (Å²) in [6.45, 7) is 4.50. The summed E-state index contributed by atoms with van der Waals surface area (Å²) in [6.07, 6.45) is 7.17. The van der Waals surface area contributed by atoms with Gasteiger partial charge >= 0.3 is 0 Å². The van der Waals surface area contributed by atoms with Crippen molar-refractivity contribution in [3.8, 4) is 0 Å². The Morgan fingerprint density at radius 1 is 0.794 bits per heavy atom. The van der Waals surface area contributed by atoms with E-state index >= 15 is 0 Å². The number of hydrogen-bond acceptors (Lipinski definition) is 2. The fourth-order valence-electron chi connectivity index (χ4n) is 5.19. The van der Waals surface area contributed by atoms with Crippen LogP contribution in [0.25, 0.3) is 10.8 Å². The highest BCUT2D eigenvalue weighted by Gasteiger charge is 2.49. The van der Waals surface area contributed by atoms with Gasteiger partial charge in [0.05, 0.1) is 11.6 Å². The number of aryl methyl sites for hydroxylation is 1. The summed E-state index contributed by atoms with van der Waals surface area (Å²) in [5, 5.41) is 4.41. The molecule has 0 saturated carbocycles. The second-order valence-electron chi connectivity index (χ2n) is 9.79. The monoisotopic (exact) mass is 487 g/mol. The van der Waals surface area contributed by atoms with E-state index in [0.717, 1.165) is 48.2 Å². The van der Waals surface area contributed by atoms with E-state index in [4.69, 9.17) is 11.6 Å². The zero-order valence-corrected chi connectivity index (χ0v) is 21.9. The van der Waals surface area contributed by atoms with Crippen molar-refractivity contribution >= 4 is 41.1 Å². The van der Waals surface area contributed by atoms with E-state index in [1.807, 2.05) is 42.6 Å². The van der Waals surface area contributed by atoms with Gasteiger partial charge in [0.25, 0.3) is 8.32 Å². The van der Waals surface area contributed by atoms with Gasteiger partial charge in [0, 0.05) is 11.6 Å². The molecule has 0 amide bonds. The average molecular weight is 488 g/mol. The van der Waals surface area contributed by atoms with Gasteiger partial charge in [-0.1, -0.05) is 112 Å². The van der Waals surface area contributed by atoms with Gasteiger partial charge in [0.15, 0.2) is 0 Å². The molecule has 0 aliphatic carbocycles. The van der Waals surface area contributed by atoms with Crippen LogP contribution in [0.2, 0.25) is 5.04 Å². The van der Waals surface area contributed by atoms with Crippen molar-refractivity contribution in [3.63, 3.8) is 0 Å². The summed E-state index contributed by atoms with van der Waals surface area (Å²) in [5.74, 6) is 0.444. The normalized spacial score (nSPS) is 12.2. The van der Waals surface area contributed by atoms with Crippen molar-refractivity contribution in [1.29, 1.82) is 0 Å². The Labute approximate surface area is 209 Å². The molecule has 1 aromatic heterocycles. The smallest absolute Gasteiger partial charge is 0.258 e. The lowest BCUT2D eigenvalue weighted by Gasteiger charge is -2.41. The van der Waals surface area contributed by atoms with Crippen molar-refractivity contribution in [2.45, 2.75) is 56.9 Å². The van der Waals surface area contributed by atoms with Gasteiger partial charge in [0.1, 0.15) is 0 Å². The molecule has 0 radical (unpaired) electrons. The zero-order valence-electron chi connectivity index (χ0n) is 20.2. The minimum atomic E-state index is -2.93. The molecule has 1 heterocycles. The number of benzene rings is 3. The van der Waals surface area contributed by atoms with E-state index < -0.39 is 8.32 Å². The minimum Gasteiger partial charge on any atom is -0.424 e. The molecule has 0 spiro atoms. The van der Waals surface area contributed by atoms with Crippen LogP contribution < -0.4 is 10.4 Å². The summed E-state index contributed by atoms with van der Waals surface area (Å²) in [6, 6.07) is 29.0. The highest BCUT2D eigenvalue weighted by atomic mass is 35.5. The number of halogens is 1. The van der Waals surface area contributed by atoms with Crippen LogP contribution in [0.4, 0.5) is 0 Å². The van der Waals surface area contributed by atoms with Crippen LogP contribution in [0.1, 0.15) is 50.8 Å². The minimum absolute atomic E-state index is 0.196. The fraction of sp³-hybridized carbons (Fsp3) is 0.300. The number of alkyl halides is 1. The lowest BCUT2D eigenvalue weighted by molar-refractivity contribution is 0.449. The molecule has 0 aliphatic rings. The van der Waals surface area contributed by atoms with Gasteiger partial charge in [-0.25, -0.2) is 0 Å². The van der Waals surface area contributed by atoms with Crippen molar-refractivity contribution < 1.29 is 4.80 Å². The highest BCUT2D eigenvalue weighted by molar-refractivity contribution is 6.98. The van der Waals surface area contributed by atoms with Crippen LogP contribution in [0.5, 0.6) is 0 Å². The SMILES string of the molecule is CC(C)(CCCCCc1c(CCl)ncc2ccccc12)[Si](O)(c1ccccc1)c1ccccc1. The van der Waals surface area contributed by atoms with E-state index in [2.05, 4.69) is 67.4 Å². The van der Waals surface area contributed by atoms with Crippen LogP contribution in [-0.2, 0) is 12.3 Å². The molecule has 0 aliphatic heterocycles. The van der Waals surface area contributed by atoms with E-state index in [-0.39, 0.29) is 5.04 Å². The standard InChI is InChI=1S/C30H34ClNOSi/c1-30(2,34(33,25-15-6-3-7-16-25)26-17-8-4-9-18-26)21-13-5-10-20-28-27-19-12-11-14-24(27)23-32-29(28)22-31/h3-4,6-9,11-12,14-19,23,33H,5,10,13,20-22H2,1-2H3. The lowest BCUT2D eigenvalue weighted by atomic mass is 9.97. The van der Waals surface area contributed by atoms with Crippen LogP contribution >= 0.6 is 11.6 Å². The Bertz CT molecular complexity index is 1170. The maximum absolute atomic E-state index is 12.3. The highest BCUT2D eigenvalue weighted by Crippen LogP contribution is 2.40. The van der Waals surface area contributed by atoms with E-state index in [9.17, 15) is 4.80 Å². The number of fused-ring (bicyclic) bond motifs is 1. The van der Waals surface area contributed by atoms with E-state index in [1.165, 1.54) is 16.3 Å². The van der Waals surface area contributed by atoms with Crippen LogP contribution in [0.3, 0.4) is 0 Å². The van der Waals surface area contributed by atoms with Crippen molar-refractivity contribution in [2.24, 2.45) is 0 Å². The third-order valence-corrected chi connectivity index (χ3v) is 12.0. The summed E-state index contributed by atoms with van der Waals surface area (Å²) in [5.41, 5.74) is 2.28. The van der Waals surface area contributed by atoms with Gasteiger partial charge < -0.3 is 4.80 Å². The molecule has 176 valence electrons. The van der Waals surface area contributed by atoms with Gasteiger partial charge in [-0.15, -0.1) is 11.6 Å². The zero-order chi connectivity index (χ0) is 24.0. The maximum atomic E-state index is 12.3. The molecule has 4 rings (SSSR count). The van der Waals surface area contributed by atoms with Gasteiger partial charge in [-0.05, 0) is 45.6 Å². The summed E-state index contributed by atoms with van der Waals surface area (Å²) < 4.78 is 0. The second-order valence-corrected chi connectivity index (χ2v) is 14.0. The first-order valence-corrected chi connectivity index (χ1v) is 14.7.